The van der Waals surface area contributed by atoms with E-state index in [1.807, 2.05) is 36.9 Å². The first-order valence-electron chi connectivity index (χ1n) is 10.1. The smallest absolute Gasteiger partial charge is 0.152 e. The highest BCUT2D eigenvalue weighted by Gasteiger charge is 2.24. The van der Waals surface area contributed by atoms with Crippen molar-refractivity contribution in [3.63, 3.8) is 0 Å². The number of aromatic nitrogens is 4. The van der Waals surface area contributed by atoms with Gasteiger partial charge in [-0.25, -0.2) is 15.0 Å². The molecule has 0 aliphatic heterocycles. The number of carbonyl (C=O) groups excluding carboxylic acids is 1. The van der Waals surface area contributed by atoms with Crippen molar-refractivity contribution < 1.29 is 4.79 Å². The van der Waals surface area contributed by atoms with E-state index < -0.39 is 0 Å². The monoisotopic (exact) mass is 409 g/mol. The first-order valence-corrected chi connectivity index (χ1v) is 10.1. The summed E-state index contributed by atoms with van der Waals surface area (Å²) in [5.74, 6) is 3.58. The molecule has 154 valence electrons. The number of carbonyl (C=O) groups is 1. The van der Waals surface area contributed by atoms with Crippen LogP contribution in [0.5, 0.6) is 0 Å². The second-order valence-corrected chi connectivity index (χ2v) is 7.53. The largest absolute Gasteiger partial charge is 0.300 e. The van der Waals surface area contributed by atoms with Crippen LogP contribution in [0.1, 0.15) is 41.1 Å². The van der Waals surface area contributed by atoms with Gasteiger partial charge in [-0.1, -0.05) is 25.0 Å². The van der Waals surface area contributed by atoms with Crippen molar-refractivity contribution in [1.29, 1.82) is 0 Å². The second-order valence-electron chi connectivity index (χ2n) is 7.53. The molecule has 2 aromatic carbocycles. The quantitative estimate of drug-likeness (QED) is 0.351. The molecule has 0 spiro atoms. The van der Waals surface area contributed by atoms with Crippen LogP contribution in [0.3, 0.4) is 0 Å². The van der Waals surface area contributed by atoms with Gasteiger partial charge in [0.2, 0.25) is 0 Å². The van der Waals surface area contributed by atoms with E-state index in [1.165, 1.54) is 6.33 Å². The molecule has 0 saturated heterocycles. The van der Waals surface area contributed by atoms with Gasteiger partial charge in [0.25, 0.3) is 0 Å². The summed E-state index contributed by atoms with van der Waals surface area (Å²) in [5, 5.41) is 0. The van der Waals surface area contributed by atoms with Crippen molar-refractivity contribution in [2.45, 2.75) is 19.4 Å². The van der Waals surface area contributed by atoms with E-state index in [1.54, 1.807) is 24.5 Å². The lowest BCUT2D eigenvalue weighted by Gasteiger charge is -2.24. The van der Waals surface area contributed by atoms with E-state index in [2.05, 4.69) is 33.8 Å². The molecule has 1 atom stereocenters. The highest BCUT2D eigenvalue weighted by atomic mass is 16.1. The minimum atomic E-state index is 0.0428. The molecule has 4 rings (SSSR count). The van der Waals surface area contributed by atoms with E-state index in [0.29, 0.717) is 16.8 Å². The van der Waals surface area contributed by atoms with Crippen LogP contribution in [-0.4, -0.2) is 44.8 Å². The fourth-order valence-electron chi connectivity index (χ4n) is 3.98. The van der Waals surface area contributed by atoms with Gasteiger partial charge < -0.3 is 0 Å². The standard InChI is InChI=1S/C25H23N5O/c1-5-17-8-7-9-19(15-31)24(17)30-23-12-18(20-13-26-16-27-14-20)10-11-21(23)28-25(30)22(6-2)29(3)4/h1,7-16,22H,6H2,2-4H3. The maximum Gasteiger partial charge on any atom is 0.152 e. The Hall–Kier alpha value is -3.82. The van der Waals surface area contributed by atoms with Crippen molar-refractivity contribution in [2.75, 3.05) is 14.1 Å². The average Bonchev–Trinajstić information content (AvgIpc) is 3.16. The summed E-state index contributed by atoms with van der Waals surface area (Å²) in [4.78, 5) is 27.3. The maximum absolute atomic E-state index is 12.0. The van der Waals surface area contributed by atoms with Crippen LogP contribution in [0.2, 0.25) is 0 Å². The van der Waals surface area contributed by atoms with Gasteiger partial charge in [-0.15, -0.1) is 6.42 Å². The predicted octanol–water partition coefficient (Wildman–Crippen LogP) is 4.29. The lowest BCUT2D eigenvalue weighted by atomic mass is 10.1. The SMILES string of the molecule is C#Cc1cccc(C=O)c1-n1c(C(CC)N(C)C)nc2ccc(-c3cncnc3)cc21. The van der Waals surface area contributed by atoms with Crippen molar-refractivity contribution in [3.05, 3.63) is 72.1 Å². The normalized spacial score (nSPS) is 12.1. The number of hydrogen-bond acceptors (Lipinski definition) is 5. The molecule has 0 N–H and O–H groups in total. The molecule has 4 aromatic rings. The summed E-state index contributed by atoms with van der Waals surface area (Å²) in [6, 6.07) is 11.5. The van der Waals surface area contributed by atoms with Gasteiger partial charge >= 0.3 is 0 Å². The number of nitrogens with zero attached hydrogens (tertiary/aromatic N) is 5. The van der Waals surface area contributed by atoms with Crippen LogP contribution in [0.25, 0.3) is 27.8 Å². The Balaban J connectivity index is 2.10. The molecule has 0 bridgehead atoms. The Morgan fingerprint density at radius 3 is 2.58 bits per heavy atom. The lowest BCUT2D eigenvalue weighted by molar-refractivity contribution is 0.112. The molecule has 1 unspecified atom stereocenters. The number of fused-ring (bicyclic) bond motifs is 1. The molecule has 0 saturated carbocycles. The van der Waals surface area contributed by atoms with Crippen LogP contribution < -0.4 is 0 Å². The van der Waals surface area contributed by atoms with E-state index in [9.17, 15) is 4.79 Å². The Kier molecular flexibility index (Phi) is 5.61. The highest BCUT2D eigenvalue weighted by molar-refractivity contribution is 5.89. The Morgan fingerprint density at radius 2 is 1.94 bits per heavy atom. The first kappa shape index (κ1) is 20.5. The highest BCUT2D eigenvalue weighted by Crippen LogP contribution is 2.33. The van der Waals surface area contributed by atoms with Gasteiger partial charge in [-0.05, 0) is 50.3 Å². The van der Waals surface area contributed by atoms with Gasteiger partial charge in [0.05, 0.1) is 22.8 Å². The molecular weight excluding hydrogens is 386 g/mol. The van der Waals surface area contributed by atoms with Crippen LogP contribution in [-0.2, 0) is 0 Å². The molecule has 0 aliphatic rings. The fourth-order valence-corrected chi connectivity index (χ4v) is 3.98. The van der Waals surface area contributed by atoms with Crippen molar-refractivity contribution in [3.8, 4) is 29.2 Å². The molecule has 2 heterocycles. The van der Waals surface area contributed by atoms with Crippen LogP contribution in [0.4, 0.5) is 0 Å². The first-order chi connectivity index (χ1) is 15.1. The minimum Gasteiger partial charge on any atom is -0.300 e. The summed E-state index contributed by atoms with van der Waals surface area (Å²) in [6.45, 7) is 2.12. The minimum absolute atomic E-state index is 0.0428. The van der Waals surface area contributed by atoms with Gasteiger partial charge in [0.15, 0.2) is 6.29 Å². The molecule has 6 heteroatoms. The topological polar surface area (TPSA) is 63.9 Å². The number of benzene rings is 2. The predicted molar refractivity (Wildman–Crippen MR) is 122 cm³/mol. The number of rotatable bonds is 6. The zero-order chi connectivity index (χ0) is 22.0. The molecule has 6 nitrogen and oxygen atoms in total. The lowest BCUT2D eigenvalue weighted by Crippen LogP contribution is -2.23. The molecule has 0 radical (unpaired) electrons. The Morgan fingerprint density at radius 1 is 1.16 bits per heavy atom. The van der Waals surface area contributed by atoms with E-state index in [-0.39, 0.29) is 6.04 Å². The molecule has 2 aromatic heterocycles. The fraction of sp³-hybridized carbons (Fsp3) is 0.200. The number of hydrogen-bond donors (Lipinski definition) is 0. The molecular formula is C25H23N5O. The zero-order valence-electron chi connectivity index (χ0n) is 17.8. The number of terminal acetylenes is 1. The summed E-state index contributed by atoms with van der Waals surface area (Å²) in [7, 11) is 4.05. The average molecular weight is 409 g/mol. The summed E-state index contributed by atoms with van der Waals surface area (Å²) in [6.07, 6.45) is 12.6. The van der Waals surface area contributed by atoms with E-state index in [0.717, 1.165) is 40.7 Å². The third kappa shape index (κ3) is 3.60. The summed E-state index contributed by atoms with van der Waals surface area (Å²) in [5.41, 5.74) is 5.43. The van der Waals surface area contributed by atoms with Crippen LogP contribution in [0.15, 0.2) is 55.1 Å². The van der Waals surface area contributed by atoms with E-state index >= 15 is 0 Å². The summed E-state index contributed by atoms with van der Waals surface area (Å²) < 4.78 is 2.04. The molecule has 0 aliphatic carbocycles. The van der Waals surface area contributed by atoms with Crippen LogP contribution in [0, 0.1) is 12.3 Å². The third-order valence-corrected chi connectivity index (χ3v) is 5.46. The number of aldehydes is 1. The van der Waals surface area contributed by atoms with Crippen molar-refractivity contribution >= 4 is 17.3 Å². The third-order valence-electron chi connectivity index (χ3n) is 5.46. The van der Waals surface area contributed by atoms with Crippen LogP contribution >= 0.6 is 0 Å². The van der Waals surface area contributed by atoms with Gasteiger partial charge in [0.1, 0.15) is 12.2 Å². The van der Waals surface area contributed by atoms with E-state index in [4.69, 9.17) is 11.4 Å². The van der Waals surface area contributed by atoms with Gasteiger partial charge in [-0.3, -0.25) is 14.3 Å². The number of para-hydroxylation sites is 1. The van der Waals surface area contributed by atoms with Gasteiger partial charge in [0, 0.05) is 29.1 Å². The molecule has 0 amide bonds. The molecule has 0 fully saturated rings. The maximum atomic E-state index is 12.0. The van der Waals surface area contributed by atoms with Crippen molar-refractivity contribution in [1.82, 2.24) is 24.4 Å². The van der Waals surface area contributed by atoms with Gasteiger partial charge in [-0.2, -0.15) is 0 Å². The second kappa shape index (κ2) is 8.50. The summed E-state index contributed by atoms with van der Waals surface area (Å²) >= 11 is 0. The Labute approximate surface area is 181 Å². The molecule has 31 heavy (non-hydrogen) atoms. The Bertz CT molecular complexity index is 1280. The zero-order valence-corrected chi connectivity index (χ0v) is 17.8. The van der Waals surface area contributed by atoms with Crippen molar-refractivity contribution in [2.24, 2.45) is 0 Å². The number of imidazole rings is 1.